The Bertz CT molecular complexity index is 1450. The molecule has 0 bridgehead atoms. The standard InChI is InChI=1S/C86H167NO5/c1-3-5-7-9-11-13-15-17-18-19-20-21-22-36-39-42-45-48-51-55-58-62-66-70-74-78-84(89)83(82-88)87-85(90)79-75-71-67-63-59-56-52-49-46-43-40-37-34-32-30-28-26-24-23-25-27-29-31-33-35-38-41-44-47-50-53-57-61-65-69-73-77-81-92-86(91)80-76-72-68-64-60-54-16-14-12-10-8-6-4-2/h23,25,74,78,83-84,88-89H,3-22,24,26-73,75-77,79-82H2,1-2H3,(H,87,90)/b25-23-,78-74+. The van der Waals surface area contributed by atoms with E-state index in [1.54, 1.807) is 6.08 Å². The van der Waals surface area contributed by atoms with Crippen LogP contribution in [0.5, 0.6) is 0 Å². The number of carbonyl (C=O) groups is 2. The molecule has 2 atom stereocenters. The molecule has 0 spiro atoms. The highest BCUT2D eigenvalue weighted by atomic mass is 16.5. The van der Waals surface area contributed by atoms with Crippen molar-refractivity contribution in [3.63, 3.8) is 0 Å². The lowest BCUT2D eigenvalue weighted by molar-refractivity contribution is -0.143. The third-order valence-corrected chi connectivity index (χ3v) is 20.2. The lowest BCUT2D eigenvalue weighted by atomic mass is 10.0. The van der Waals surface area contributed by atoms with Crippen LogP contribution in [0.25, 0.3) is 0 Å². The van der Waals surface area contributed by atoms with E-state index in [-0.39, 0.29) is 18.5 Å². The van der Waals surface area contributed by atoms with Gasteiger partial charge in [0.1, 0.15) is 0 Å². The molecule has 3 N–H and O–H groups in total. The van der Waals surface area contributed by atoms with Gasteiger partial charge in [-0.2, -0.15) is 0 Å². The van der Waals surface area contributed by atoms with Crippen molar-refractivity contribution in [3.8, 4) is 0 Å². The van der Waals surface area contributed by atoms with Crippen LogP contribution >= 0.6 is 0 Å². The molecular formula is C86H167NO5. The largest absolute Gasteiger partial charge is 0.466 e. The molecule has 92 heavy (non-hydrogen) atoms. The number of aliphatic hydroxyl groups excluding tert-OH is 2. The van der Waals surface area contributed by atoms with Gasteiger partial charge < -0.3 is 20.3 Å². The van der Waals surface area contributed by atoms with Gasteiger partial charge in [0.2, 0.25) is 5.91 Å². The van der Waals surface area contributed by atoms with Crippen LogP contribution in [0, 0.1) is 0 Å². The van der Waals surface area contributed by atoms with Gasteiger partial charge in [0, 0.05) is 12.8 Å². The molecule has 0 aromatic heterocycles. The maximum absolute atomic E-state index is 12.6. The van der Waals surface area contributed by atoms with E-state index in [9.17, 15) is 19.8 Å². The molecule has 0 aromatic carbocycles. The van der Waals surface area contributed by atoms with E-state index >= 15 is 0 Å². The molecule has 546 valence electrons. The van der Waals surface area contributed by atoms with Crippen LogP contribution in [0.3, 0.4) is 0 Å². The highest BCUT2D eigenvalue weighted by Gasteiger charge is 2.18. The number of hydrogen-bond donors (Lipinski definition) is 3. The fourth-order valence-electron chi connectivity index (χ4n) is 13.8. The summed E-state index contributed by atoms with van der Waals surface area (Å²) in [6.45, 7) is 4.97. The molecule has 0 rings (SSSR count). The van der Waals surface area contributed by atoms with Gasteiger partial charge >= 0.3 is 5.97 Å². The third kappa shape index (κ3) is 77.3. The fourth-order valence-corrected chi connectivity index (χ4v) is 13.8. The van der Waals surface area contributed by atoms with Gasteiger partial charge in [-0.1, -0.05) is 443 Å². The summed E-state index contributed by atoms with van der Waals surface area (Å²) >= 11 is 0. The topological polar surface area (TPSA) is 95.9 Å². The number of aliphatic hydroxyl groups is 2. The van der Waals surface area contributed by atoms with E-state index in [4.69, 9.17) is 4.74 Å². The molecule has 0 heterocycles. The van der Waals surface area contributed by atoms with Gasteiger partial charge in [0.05, 0.1) is 25.4 Å². The van der Waals surface area contributed by atoms with E-state index in [2.05, 4.69) is 31.3 Å². The molecule has 0 aliphatic heterocycles. The Morgan fingerprint density at radius 3 is 0.772 bits per heavy atom. The van der Waals surface area contributed by atoms with Gasteiger partial charge in [-0.25, -0.2) is 0 Å². The zero-order valence-corrected chi connectivity index (χ0v) is 62.8. The Morgan fingerprint density at radius 1 is 0.293 bits per heavy atom. The number of nitrogens with one attached hydrogen (secondary N) is 1. The van der Waals surface area contributed by atoms with Gasteiger partial charge in [-0.05, 0) is 57.8 Å². The summed E-state index contributed by atoms with van der Waals surface area (Å²) in [5.41, 5.74) is 0. The Balaban J connectivity index is 3.35. The van der Waals surface area contributed by atoms with E-state index in [0.717, 1.165) is 38.5 Å². The Morgan fingerprint density at radius 2 is 0.511 bits per heavy atom. The number of allylic oxidation sites excluding steroid dienone is 3. The minimum atomic E-state index is -0.843. The highest BCUT2D eigenvalue weighted by Crippen LogP contribution is 2.21. The molecule has 0 fully saturated rings. The highest BCUT2D eigenvalue weighted by molar-refractivity contribution is 5.76. The molecule has 6 nitrogen and oxygen atoms in total. The number of unbranched alkanes of at least 4 members (excludes halogenated alkanes) is 68. The van der Waals surface area contributed by atoms with Crippen molar-refractivity contribution in [2.24, 2.45) is 0 Å². The molecule has 0 radical (unpaired) electrons. The molecular weight excluding hydrogens is 1130 g/mol. The summed E-state index contributed by atoms with van der Waals surface area (Å²) in [7, 11) is 0. The van der Waals surface area contributed by atoms with E-state index in [1.807, 2.05) is 6.08 Å². The van der Waals surface area contributed by atoms with Crippen LogP contribution in [-0.2, 0) is 14.3 Å². The lowest BCUT2D eigenvalue weighted by Gasteiger charge is -2.20. The number of amides is 1. The predicted molar refractivity (Wildman–Crippen MR) is 407 cm³/mol. The van der Waals surface area contributed by atoms with Gasteiger partial charge in [0.25, 0.3) is 0 Å². The first-order valence-electron chi connectivity index (χ1n) is 42.6. The second-order valence-corrected chi connectivity index (χ2v) is 29.5. The number of rotatable bonds is 81. The molecule has 0 saturated carbocycles. The first-order valence-corrected chi connectivity index (χ1v) is 42.6. The van der Waals surface area contributed by atoms with Crippen molar-refractivity contribution < 1.29 is 24.5 Å². The maximum Gasteiger partial charge on any atom is 0.305 e. The average molecular weight is 1300 g/mol. The third-order valence-electron chi connectivity index (χ3n) is 20.2. The molecule has 0 aliphatic rings. The maximum atomic E-state index is 12.6. The molecule has 0 aliphatic carbocycles. The van der Waals surface area contributed by atoms with Crippen LogP contribution in [-0.4, -0.2) is 47.4 Å². The first-order chi connectivity index (χ1) is 45.5. The van der Waals surface area contributed by atoms with Crippen LogP contribution in [0.2, 0.25) is 0 Å². The first kappa shape index (κ1) is 90.3. The smallest absolute Gasteiger partial charge is 0.305 e. The van der Waals surface area contributed by atoms with Crippen molar-refractivity contribution >= 4 is 11.9 Å². The van der Waals surface area contributed by atoms with E-state index in [1.165, 1.54) is 424 Å². The zero-order chi connectivity index (χ0) is 66.3. The number of ether oxygens (including phenoxy) is 1. The second-order valence-electron chi connectivity index (χ2n) is 29.5. The SMILES string of the molecule is CCCCCCCCCCCCCCCCCCCCCCCCC/C=C/C(O)C(CO)NC(=O)CCCCCCCCCCCCCCCCCCC/C=C\CCCCCCCCCCCCCCCCCCOC(=O)CCCCCCCCCCCCCCC. The number of carbonyl (C=O) groups excluding carboxylic acids is 2. The van der Waals surface area contributed by atoms with E-state index in [0.29, 0.717) is 19.4 Å². The Kier molecular flexibility index (Phi) is 80.3. The fraction of sp³-hybridized carbons (Fsp3) is 0.930. The Labute approximate surface area is 577 Å². The minimum absolute atomic E-state index is 0.0239. The van der Waals surface area contributed by atoms with Crippen molar-refractivity contribution in [1.29, 1.82) is 0 Å². The van der Waals surface area contributed by atoms with Crippen molar-refractivity contribution in [2.45, 2.75) is 501 Å². The van der Waals surface area contributed by atoms with Gasteiger partial charge in [0.15, 0.2) is 0 Å². The van der Waals surface area contributed by atoms with Crippen LogP contribution < -0.4 is 5.32 Å². The van der Waals surface area contributed by atoms with Crippen LogP contribution in [0.4, 0.5) is 0 Å². The van der Waals surface area contributed by atoms with Crippen LogP contribution in [0.1, 0.15) is 489 Å². The summed E-state index contributed by atoms with van der Waals surface area (Å²) in [5, 5.41) is 23.3. The summed E-state index contributed by atoms with van der Waals surface area (Å²) in [6.07, 6.45) is 106. The van der Waals surface area contributed by atoms with Crippen LogP contribution in [0.15, 0.2) is 24.3 Å². The van der Waals surface area contributed by atoms with Crippen molar-refractivity contribution in [1.82, 2.24) is 5.32 Å². The quantitative estimate of drug-likeness (QED) is 0.0320. The number of esters is 1. The molecule has 0 saturated heterocycles. The molecule has 0 aromatic rings. The summed E-state index contributed by atoms with van der Waals surface area (Å²) in [4.78, 5) is 24.6. The zero-order valence-electron chi connectivity index (χ0n) is 62.8. The monoisotopic (exact) mass is 1290 g/mol. The predicted octanol–water partition coefficient (Wildman–Crippen LogP) is 28.4. The Hall–Kier alpha value is -1.66. The van der Waals surface area contributed by atoms with Crippen molar-refractivity contribution in [2.75, 3.05) is 13.2 Å². The van der Waals surface area contributed by atoms with Crippen molar-refractivity contribution in [3.05, 3.63) is 24.3 Å². The average Bonchev–Trinajstić information content (AvgIpc) is 3.67. The minimum Gasteiger partial charge on any atom is -0.466 e. The summed E-state index contributed by atoms with van der Waals surface area (Å²) < 4.78 is 5.50. The summed E-state index contributed by atoms with van der Waals surface area (Å²) in [5.74, 6) is -0.0342. The molecule has 1 amide bonds. The second kappa shape index (κ2) is 81.8. The lowest BCUT2D eigenvalue weighted by Crippen LogP contribution is -2.45. The van der Waals surface area contributed by atoms with E-state index < -0.39 is 12.1 Å². The summed E-state index contributed by atoms with van der Waals surface area (Å²) in [6, 6.07) is -0.626. The molecule has 2 unspecified atom stereocenters. The number of hydrogen-bond acceptors (Lipinski definition) is 5. The normalized spacial score (nSPS) is 12.5. The van der Waals surface area contributed by atoms with Gasteiger partial charge in [-0.15, -0.1) is 0 Å². The molecule has 6 heteroatoms. The van der Waals surface area contributed by atoms with Gasteiger partial charge in [-0.3, -0.25) is 9.59 Å².